The Labute approximate surface area is 119 Å². The molecule has 0 spiro atoms. The van der Waals surface area contributed by atoms with Crippen LogP contribution < -0.4 is 0 Å². The van der Waals surface area contributed by atoms with Crippen LogP contribution in [0.3, 0.4) is 0 Å². The Bertz CT molecular complexity index is 496. The fourth-order valence-corrected chi connectivity index (χ4v) is 2.33. The fraction of sp³-hybridized carbons (Fsp3) is 0.400. The Balaban J connectivity index is 1.83. The summed E-state index contributed by atoms with van der Waals surface area (Å²) in [5, 5.41) is 0.802. The molecule has 2 rings (SSSR count). The first-order valence-corrected chi connectivity index (χ1v) is 6.96. The van der Waals surface area contributed by atoms with Gasteiger partial charge in [0.25, 0.3) is 0 Å². The zero-order valence-corrected chi connectivity index (χ0v) is 12.2. The predicted octanol–water partition coefficient (Wildman–Crippen LogP) is 3.62. The van der Waals surface area contributed by atoms with Gasteiger partial charge in [-0.1, -0.05) is 23.7 Å². The molecule has 0 radical (unpaired) electrons. The van der Waals surface area contributed by atoms with Gasteiger partial charge in [-0.25, -0.2) is 4.98 Å². The van der Waals surface area contributed by atoms with E-state index in [4.69, 9.17) is 11.6 Å². The van der Waals surface area contributed by atoms with E-state index >= 15 is 0 Å². The molecular weight excluding hydrogens is 258 g/mol. The highest BCUT2D eigenvalue weighted by molar-refractivity contribution is 6.30. The zero-order valence-electron chi connectivity index (χ0n) is 11.5. The number of aromatic nitrogens is 2. The van der Waals surface area contributed by atoms with E-state index in [1.807, 2.05) is 36.9 Å². The highest BCUT2D eigenvalue weighted by Crippen LogP contribution is 2.21. The van der Waals surface area contributed by atoms with Gasteiger partial charge in [-0.15, -0.1) is 0 Å². The van der Waals surface area contributed by atoms with Crippen molar-refractivity contribution < 1.29 is 0 Å². The van der Waals surface area contributed by atoms with Crippen molar-refractivity contribution in [2.75, 3.05) is 13.6 Å². The first-order chi connectivity index (χ1) is 9.16. The fourth-order valence-electron chi connectivity index (χ4n) is 2.14. The molecular formula is C15H20ClN3. The smallest absolute Gasteiger partial charge is 0.0945 e. The molecule has 0 aliphatic rings. The second-order valence-corrected chi connectivity index (χ2v) is 5.30. The molecule has 0 bridgehead atoms. The van der Waals surface area contributed by atoms with Crippen molar-refractivity contribution in [3.63, 3.8) is 0 Å². The SMILES string of the molecule is C[C@@H](c1cccc(Cl)c1)N(C)CCCn1ccnc1. The standard InChI is InChI=1S/C15H20ClN3/c1-13(14-5-3-6-15(16)11-14)18(2)8-4-9-19-10-7-17-12-19/h3,5-7,10-13H,4,8-9H2,1-2H3/t13-/m0/s1. The summed E-state index contributed by atoms with van der Waals surface area (Å²) in [5.41, 5.74) is 1.26. The second kappa shape index (κ2) is 6.73. The molecule has 0 aliphatic carbocycles. The van der Waals surface area contributed by atoms with Crippen LogP contribution in [-0.2, 0) is 6.54 Å². The maximum Gasteiger partial charge on any atom is 0.0945 e. The first-order valence-electron chi connectivity index (χ1n) is 6.58. The van der Waals surface area contributed by atoms with Crippen LogP contribution in [0.4, 0.5) is 0 Å². The van der Waals surface area contributed by atoms with E-state index in [0.717, 1.165) is 24.5 Å². The van der Waals surface area contributed by atoms with E-state index < -0.39 is 0 Å². The van der Waals surface area contributed by atoms with Crippen LogP contribution in [0.5, 0.6) is 0 Å². The molecule has 0 unspecified atom stereocenters. The van der Waals surface area contributed by atoms with E-state index in [2.05, 4.69) is 34.5 Å². The highest BCUT2D eigenvalue weighted by atomic mass is 35.5. The average molecular weight is 278 g/mol. The van der Waals surface area contributed by atoms with Gasteiger partial charge in [0.1, 0.15) is 0 Å². The normalized spacial score (nSPS) is 12.8. The van der Waals surface area contributed by atoms with Crippen molar-refractivity contribution in [1.29, 1.82) is 0 Å². The van der Waals surface area contributed by atoms with Crippen LogP contribution >= 0.6 is 11.6 Å². The Kier molecular flexibility index (Phi) is 5.00. The van der Waals surface area contributed by atoms with Gasteiger partial charge in [0.15, 0.2) is 0 Å². The third-order valence-electron chi connectivity index (χ3n) is 3.48. The molecule has 0 fully saturated rings. The molecule has 1 heterocycles. The molecule has 102 valence electrons. The molecule has 1 atom stereocenters. The number of nitrogens with zero attached hydrogens (tertiary/aromatic N) is 3. The predicted molar refractivity (Wildman–Crippen MR) is 79.3 cm³/mol. The Morgan fingerprint density at radius 2 is 2.26 bits per heavy atom. The first kappa shape index (κ1) is 14.1. The summed E-state index contributed by atoms with van der Waals surface area (Å²) < 4.78 is 2.11. The quantitative estimate of drug-likeness (QED) is 0.804. The lowest BCUT2D eigenvalue weighted by Gasteiger charge is -2.25. The van der Waals surface area contributed by atoms with Gasteiger partial charge in [0.2, 0.25) is 0 Å². The number of imidazole rings is 1. The maximum absolute atomic E-state index is 6.04. The van der Waals surface area contributed by atoms with Gasteiger partial charge >= 0.3 is 0 Å². The summed E-state index contributed by atoms with van der Waals surface area (Å²) in [4.78, 5) is 6.40. The van der Waals surface area contributed by atoms with E-state index in [-0.39, 0.29) is 0 Å². The average Bonchev–Trinajstić information content (AvgIpc) is 2.91. The van der Waals surface area contributed by atoms with Crippen LogP contribution in [0, 0.1) is 0 Å². The van der Waals surface area contributed by atoms with Gasteiger partial charge in [-0.2, -0.15) is 0 Å². The summed E-state index contributed by atoms with van der Waals surface area (Å²) >= 11 is 6.04. The van der Waals surface area contributed by atoms with Gasteiger partial charge in [0, 0.05) is 36.5 Å². The number of halogens is 1. The minimum atomic E-state index is 0.376. The third kappa shape index (κ3) is 4.08. The van der Waals surface area contributed by atoms with Crippen LogP contribution in [0.1, 0.15) is 24.9 Å². The van der Waals surface area contributed by atoms with Gasteiger partial charge in [0.05, 0.1) is 6.33 Å². The molecule has 1 aromatic carbocycles. The topological polar surface area (TPSA) is 21.1 Å². The minimum absolute atomic E-state index is 0.376. The largest absolute Gasteiger partial charge is 0.337 e. The van der Waals surface area contributed by atoms with Gasteiger partial charge in [-0.05, 0) is 38.1 Å². The number of rotatable bonds is 6. The van der Waals surface area contributed by atoms with Crippen molar-refractivity contribution >= 4 is 11.6 Å². The molecule has 0 saturated carbocycles. The second-order valence-electron chi connectivity index (χ2n) is 4.87. The molecule has 0 saturated heterocycles. The van der Waals surface area contributed by atoms with Crippen molar-refractivity contribution in [2.45, 2.75) is 25.9 Å². The maximum atomic E-state index is 6.04. The number of hydrogen-bond acceptors (Lipinski definition) is 2. The summed E-state index contributed by atoms with van der Waals surface area (Å²) in [6, 6.07) is 8.47. The number of hydrogen-bond donors (Lipinski definition) is 0. The lowest BCUT2D eigenvalue weighted by molar-refractivity contribution is 0.253. The molecule has 0 amide bonds. The lowest BCUT2D eigenvalue weighted by atomic mass is 10.1. The molecule has 1 aromatic heterocycles. The lowest BCUT2D eigenvalue weighted by Crippen LogP contribution is -2.24. The third-order valence-corrected chi connectivity index (χ3v) is 3.71. The molecule has 0 N–H and O–H groups in total. The van der Waals surface area contributed by atoms with Crippen molar-refractivity contribution in [1.82, 2.24) is 14.5 Å². The van der Waals surface area contributed by atoms with Crippen molar-refractivity contribution in [3.8, 4) is 0 Å². The van der Waals surface area contributed by atoms with Gasteiger partial charge < -0.3 is 4.57 Å². The summed E-state index contributed by atoms with van der Waals surface area (Å²) in [6.07, 6.45) is 6.79. The van der Waals surface area contributed by atoms with Crippen LogP contribution in [-0.4, -0.2) is 28.0 Å². The Hall–Kier alpha value is -1.32. The highest BCUT2D eigenvalue weighted by Gasteiger charge is 2.11. The van der Waals surface area contributed by atoms with Crippen molar-refractivity contribution in [3.05, 3.63) is 53.6 Å². The monoisotopic (exact) mass is 277 g/mol. The van der Waals surface area contributed by atoms with E-state index in [0.29, 0.717) is 6.04 Å². The number of benzene rings is 1. The molecule has 19 heavy (non-hydrogen) atoms. The summed E-state index contributed by atoms with van der Waals surface area (Å²) in [5.74, 6) is 0. The zero-order chi connectivity index (χ0) is 13.7. The van der Waals surface area contributed by atoms with Crippen LogP contribution in [0.2, 0.25) is 5.02 Å². The Morgan fingerprint density at radius 3 is 2.95 bits per heavy atom. The minimum Gasteiger partial charge on any atom is -0.337 e. The van der Waals surface area contributed by atoms with E-state index in [9.17, 15) is 0 Å². The Morgan fingerprint density at radius 1 is 1.42 bits per heavy atom. The van der Waals surface area contributed by atoms with Crippen molar-refractivity contribution in [2.24, 2.45) is 0 Å². The summed E-state index contributed by atoms with van der Waals surface area (Å²) in [6.45, 7) is 4.27. The molecule has 4 heteroatoms. The van der Waals surface area contributed by atoms with Crippen LogP contribution in [0.15, 0.2) is 43.0 Å². The summed E-state index contributed by atoms with van der Waals surface area (Å²) in [7, 11) is 2.15. The number of aryl methyl sites for hydroxylation is 1. The van der Waals surface area contributed by atoms with E-state index in [1.165, 1.54) is 5.56 Å². The molecule has 2 aromatic rings. The van der Waals surface area contributed by atoms with Crippen LogP contribution in [0.25, 0.3) is 0 Å². The van der Waals surface area contributed by atoms with E-state index in [1.54, 1.807) is 0 Å². The molecule has 0 aliphatic heterocycles. The van der Waals surface area contributed by atoms with Gasteiger partial charge in [-0.3, -0.25) is 4.90 Å². The molecule has 3 nitrogen and oxygen atoms in total.